The lowest BCUT2D eigenvalue weighted by molar-refractivity contribution is -0.133. The molecule has 2 aliphatic heterocycles. The zero-order valence-corrected chi connectivity index (χ0v) is 16.7. The molecule has 0 spiro atoms. The molecule has 0 radical (unpaired) electrons. The molecule has 7 nitrogen and oxygen atoms in total. The molecule has 1 aromatic rings. The van der Waals surface area contributed by atoms with Crippen LogP contribution in [0.3, 0.4) is 0 Å². The van der Waals surface area contributed by atoms with Crippen molar-refractivity contribution in [2.24, 2.45) is 5.73 Å². The van der Waals surface area contributed by atoms with Crippen LogP contribution in [0.2, 0.25) is 0 Å². The summed E-state index contributed by atoms with van der Waals surface area (Å²) in [6.07, 6.45) is 5.23. The van der Waals surface area contributed by atoms with Crippen LogP contribution in [0.15, 0.2) is 18.2 Å². The topological polar surface area (TPSA) is 90.7 Å². The number of nitrogens with one attached hydrogen (secondary N) is 2. The zero-order valence-electron chi connectivity index (χ0n) is 16.7. The van der Waals surface area contributed by atoms with Gasteiger partial charge in [0.1, 0.15) is 11.9 Å². The first kappa shape index (κ1) is 20.1. The van der Waals surface area contributed by atoms with Crippen LogP contribution < -0.4 is 21.3 Å². The average Bonchev–Trinajstić information content (AvgIpc) is 2.71. The molecule has 29 heavy (non-hydrogen) atoms. The van der Waals surface area contributed by atoms with Crippen LogP contribution in [-0.4, -0.2) is 61.0 Å². The van der Waals surface area contributed by atoms with Crippen molar-refractivity contribution in [2.75, 3.05) is 36.4 Å². The summed E-state index contributed by atoms with van der Waals surface area (Å²) < 4.78 is 14.8. The number of benzene rings is 1. The maximum atomic E-state index is 14.8. The molecule has 4 rings (SSSR count). The van der Waals surface area contributed by atoms with Crippen molar-refractivity contribution in [3.63, 3.8) is 0 Å². The van der Waals surface area contributed by atoms with Gasteiger partial charge in [-0.1, -0.05) is 0 Å². The van der Waals surface area contributed by atoms with E-state index in [0.29, 0.717) is 36.3 Å². The number of carbonyl (C=O) groups excluding carboxylic acids is 2. The second-order valence-corrected chi connectivity index (χ2v) is 8.41. The number of piperidine rings is 1. The number of piperazine rings is 1. The van der Waals surface area contributed by atoms with Crippen molar-refractivity contribution in [3.05, 3.63) is 24.0 Å². The standard InChI is InChI=1S/C21H30FN5O2/c22-17-13-15(24-18-6-8-20(28)25-21(18)29)3-7-19(17)27-11-9-26(10-12-27)16-4-1-14(23)2-5-16/h3,7,13-14,16,18,24H,1-2,4-6,8-12,23H2,(H,25,28,29)/t14?,16?,18-/m1/s1. The molecule has 8 heteroatoms. The SMILES string of the molecule is NC1CCC(N2CCN(c3ccc(N[C@@H]4CCC(=O)NC4=O)cc3F)CC2)CC1. The lowest BCUT2D eigenvalue weighted by atomic mass is 9.90. The van der Waals surface area contributed by atoms with E-state index >= 15 is 0 Å². The second kappa shape index (κ2) is 8.67. The van der Waals surface area contributed by atoms with E-state index in [2.05, 4.69) is 20.4 Å². The van der Waals surface area contributed by atoms with E-state index in [1.807, 2.05) is 0 Å². The molecule has 1 aromatic carbocycles. The molecule has 158 valence electrons. The van der Waals surface area contributed by atoms with E-state index in [9.17, 15) is 14.0 Å². The Hall–Kier alpha value is -2.19. The maximum absolute atomic E-state index is 14.8. The molecule has 1 aliphatic carbocycles. The van der Waals surface area contributed by atoms with E-state index in [4.69, 9.17) is 5.73 Å². The van der Waals surface area contributed by atoms with Crippen LogP contribution in [0.5, 0.6) is 0 Å². The first-order valence-electron chi connectivity index (χ1n) is 10.6. The molecule has 4 N–H and O–H groups in total. The van der Waals surface area contributed by atoms with Crippen molar-refractivity contribution in [3.8, 4) is 0 Å². The molecular formula is C21H30FN5O2. The number of rotatable bonds is 4. The Labute approximate surface area is 170 Å². The van der Waals surface area contributed by atoms with Crippen molar-refractivity contribution in [2.45, 2.75) is 56.7 Å². The van der Waals surface area contributed by atoms with Crippen LogP contribution in [0.1, 0.15) is 38.5 Å². The van der Waals surface area contributed by atoms with Gasteiger partial charge in [-0.3, -0.25) is 19.8 Å². The fourth-order valence-electron chi connectivity index (χ4n) is 4.68. The van der Waals surface area contributed by atoms with Crippen LogP contribution in [-0.2, 0) is 9.59 Å². The van der Waals surface area contributed by atoms with Crippen molar-refractivity contribution >= 4 is 23.2 Å². The van der Waals surface area contributed by atoms with Crippen LogP contribution in [0, 0.1) is 5.82 Å². The first-order chi connectivity index (χ1) is 14.0. The Balaban J connectivity index is 1.33. The molecule has 1 atom stereocenters. The minimum Gasteiger partial charge on any atom is -0.374 e. The van der Waals surface area contributed by atoms with Gasteiger partial charge < -0.3 is 16.0 Å². The predicted octanol–water partition coefficient (Wildman–Crippen LogP) is 1.43. The minimum atomic E-state index is -0.509. The van der Waals surface area contributed by atoms with Gasteiger partial charge in [0.25, 0.3) is 0 Å². The van der Waals surface area contributed by atoms with E-state index < -0.39 is 6.04 Å². The fourth-order valence-corrected chi connectivity index (χ4v) is 4.68. The molecule has 3 aliphatic rings. The summed E-state index contributed by atoms with van der Waals surface area (Å²) in [5, 5.41) is 5.34. The zero-order chi connectivity index (χ0) is 20.4. The van der Waals surface area contributed by atoms with Crippen molar-refractivity contribution in [1.29, 1.82) is 0 Å². The van der Waals surface area contributed by atoms with Gasteiger partial charge in [-0.2, -0.15) is 0 Å². The molecule has 0 unspecified atom stereocenters. The average molecular weight is 404 g/mol. The van der Waals surface area contributed by atoms with Gasteiger partial charge in [0.05, 0.1) is 5.69 Å². The van der Waals surface area contributed by atoms with Gasteiger partial charge in [-0.15, -0.1) is 0 Å². The summed E-state index contributed by atoms with van der Waals surface area (Å²) in [7, 11) is 0. The van der Waals surface area contributed by atoms with Gasteiger partial charge in [0.2, 0.25) is 11.8 Å². The van der Waals surface area contributed by atoms with Gasteiger partial charge in [0, 0.05) is 50.4 Å². The van der Waals surface area contributed by atoms with Gasteiger partial charge in [-0.25, -0.2) is 4.39 Å². The number of carbonyl (C=O) groups is 2. The number of hydrogen-bond donors (Lipinski definition) is 3. The van der Waals surface area contributed by atoms with Crippen molar-refractivity contribution in [1.82, 2.24) is 10.2 Å². The lowest BCUT2D eigenvalue weighted by Gasteiger charge is -2.42. The molecular weight excluding hydrogens is 373 g/mol. The second-order valence-electron chi connectivity index (χ2n) is 8.41. The number of nitrogens with zero attached hydrogens (tertiary/aromatic N) is 2. The van der Waals surface area contributed by atoms with Crippen molar-refractivity contribution < 1.29 is 14.0 Å². The number of nitrogens with two attached hydrogens (primary N) is 1. The van der Waals surface area contributed by atoms with E-state index in [0.717, 1.165) is 51.9 Å². The van der Waals surface area contributed by atoms with Crippen LogP contribution in [0.25, 0.3) is 0 Å². The Morgan fingerprint density at radius 3 is 2.41 bits per heavy atom. The number of amides is 2. The Morgan fingerprint density at radius 2 is 1.76 bits per heavy atom. The number of halogens is 1. The molecule has 2 amide bonds. The fraction of sp³-hybridized carbons (Fsp3) is 0.619. The highest BCUT2D eigenvalue weighted by molar-refractivity contribution is 6.01. The Kier molecular flexibility index (Phi) is 6.01. The van der Waals surface area contributed by atoms with E-state index in [1.165, 1.54) is 6.07 Å². The summed E-state index contributed by atoms with van der Waals surface area (Å²) in [6.45, 7) is 3.49. The highest BCUT2D eigenvalue weighted by Gasteiger charge is 2.29. The summed E-state index contributed by atoms with van der Waals surface area (Å²) in [4.78, 5) is 27.7. The van der Waals surface area contributed by atoms with Crippen LogP contribution in [0.4, 0.5) is 15.8 Å². The Bertz CT molecular complexity index is 757. The smallest absolute Gasteiger partial charge is 0.249 e. The van der Waals surface area contributed by atoms with Gasteiger partial charge >= 0.3 is 0 Å². The highest BCUT2D eigenvalue weighted by Crippen LogP contribution is 2.27. The minimum absolute atomic E-state index is 0.259. The summed E-state index contributed by atoms with van der Waals surface area (Å²) in [6, 6.07) is 5.48. The molecule has 2 heterocycles. The first-order valence-corrected chi connectivity index (χ1v) is 10.6. The highest BCUT2D eigenvalue weighted by atomic mass is 19.1. The third-order valence-electron chi connectivity index (χ3n) is 6.44. The normalized spacial score (nSPS) is 28.9. The largest absolute Gasteiger partial charge is 0.374 e. The lowest BCUT2D eigenvalue weighted by Crippen LogP contribution is -2.52. The monoisotopic (exact) mass is 403 g/mol. The molecule has 0 bridgehead atoms. The van der Waals surface area contributed by atoms with Crippen LogP contribution >= 0.6 is 0 Å². The Morgan fingerprint density at radius 1 is 1.03 bits per heavy atom. The molecule has 2 saturated heterocycles. The number of imide groups is 1. The number of anilines is 2. The van der Waals surface area contributed by atoms with Gasteiger partial charge in [-0.05, 0) is 50.3 Å². The predicted molar refractivity (Wildman–Crippen MR) is 110 cm³/mol. The maximum Gasteiger partial charge on any atom is 0.249 e. The van der Waals surface area contributed by atoms with E-state index in [1.54, 1.807) is 12.1 Å². The molecule has 1 saturated carbocycles. The quantitative estimate of drug-likeness (QED) is 0.659. The summed E-state index contributed by atoms with van der Waals surface area (Å²) in [5.74, 6) is -0.908. The molecule has 0 aromatic heterocycles. The molecule has 3 fully saturated rings. The van der Waals surface area contributed by atoms with Gasteiger partial charge in [0.15, 0.2) is 0 Å². The summed E-state index contributed by atoms with van der Waals surface area (Å²) >= 11 is 0. The third kappa shape index (κ3) is 4.70. The summed E-state index contributed by atoms with van der Waals surface area (Å²) in [5.41, 5.74) is 7.17. The number of hydrogen-bond acceptors (Lipinski definition) is 6. The third-order valence-corrected chi connectivity index (χ3v) is 6.44. The van der Waals surface area contributed by atoms with E-state index in [-0.39, 0.29) is 17.6 Å².